The third-order valence-electron chi connectivity index (χ3n) is 3.32. The van der Waals surface area contributed by atoms with Crippen molar-refractivity contribution in [2.75, 3.05) is 31.1 Å². The Bertz CT molecular complexity index is 613. The number of pyridine rings is 1. The van der Waals surface area contributed by atoms with Crippen LogP contribution in [0, 0.1) is 5.82 Å². The first kappa shape index (κ1) is 20.3. The van der Waals surface area contributed by atoms with Gasteiger partial charge in [-0.25, -0.2) is 14.2 Å². The average molecular weight is 331 g/mol. The first-order chi connectivity index (χ1) is 10.7. The summed E-state index contributed by atoms with van der Waals surface area (Å²) >= 11 is 0. The topological polar surface area (TPSA) is 85.8 Å². The number of aromatic nitrogens is 1. The number of nitrogens with zero attached hydrogens (tertiary/aromatic N) is 3. The molecule has 1 aliphatic rings. The number of aromatic carboxylic acids is 1. The second kappa shape index (κ2) is 7.86. The maximum absolute atomic E-state index is 13.7. The third-order valence-corrected chi connectivity index (χ3v) is 3.32. The van der Waals surface area contributed by atoms with Gasteiger partial charge in [-0.1, -0.05) is 0 Å². The maximum Gasteiger partial charge on any atom is 1.00 e. The summed E-state index contributed by atoms with van der Waals surface area (Å²) in [5, 5.41) is 10.7. The van der Waals surface area contributed by atoms with Crippen LogP contribution in [-0.4, -0.2) is 53.7 Å². The summed E-state index contributed by atoms with van der Waals surface area (Å²) in [5.74, 6) is -2.58. The summed E-state index contributed by atoms with van der Waals surface area (Å²) in [5.41, 5.74) is -0.792. The number of rotatable bonds is 2. The number of carbonyl (C=O) groups excluding carboxylic acids is 2. The molecule has 126 valence electrons. The number of ether oxygens (including phenoxy) is 1. The molecule has 2 rings (SSSR count). The summed E-state index contributed by atoms with van der Waals surface area (Å²) in [6.07, 6.45) is 0.908. The van der Waals surface area contributed by atoms with Crippen LogP contribution in [0.1, 0.15) is 31.3 Å². The summed E-state index contributed by atoms with van der Waals surface area (Å²) in [6.45, 7) is 7.21. The van der Waals surface area contributed by atoms with Gasteiger partial charge in [0.1, 0.15) is 11.3 Å². The van der Waals surface area contributed by atoms with Crippen LogP contribution in [0.2, 0.25) is 0 Å². The van der Waals surface area contributed by atoms with E-state index in [1.807, 2.05) is 4.90 Å². The Labute approximate surface area is 152 Å². The van der Waals surface area contributed by atoms with Gasteiger partial charge in [0, 0.05) is 32.2 Å². The Morgan fingerprint density at radius 1 is 1.25 bits per heavy atom. The number of piperazine rings is 1. The Hall–Kier alpha value is -1.78. The predicted octanol–water partition coefficient (Wildman–Crippen LogP) is -2.35. The molecule has 9 heteroatoms. The van der Waals surface area contributed by atoms with E-state index in [0.717, 1.165) is 6.07 Å². The largest absolute Gasteiger partial charge is 1.00 e. The maximum atomic E-state index is 13.7. The molecule has 0 N–H and O–H groups in total. The molecule has 2 heterocycles. The zero-order valence-corrected chi connectivity index (χ0v) is 14.3. The molecule has 1 amide bonds. The Morgan fingerprint density at radius 3 is 2.29 bits per heavy atom. The quantitative estimate of drug-likeness (QED) is 0.564. The number of hydrogen-bond donors (Lipinski definition) is 0. The van der Waals surface area contributed by atoms with Gasteiger partial charge in [0.05, 0.1) is 17.9 Å². The molecule has 1 saturated heterocycles. The average Bonchev–Trinajstić information content (AvgIpc) is 2.45. The van der Waals surface area contributed by atoms with E-state index in [-0.39, 0.29) is 25.0 Å². The molecule has 1 fully saturated rings. The van der Waals surface area contributed by atoms with Gasteiger partial charge in [-0.2, -0.15) is 0 Å². The molecular formula is C15H19FLiN3O4. The van der Waals surface area contributed by atoms with Crippen molar-refractivity contribution in [1.29, 1.82) is 0 Å². The fraction of sp³-hybridized carbons (Fsp3) is 0.533. The van der Waals surface area contributed by atoms with E-state index < -0.39 is 23.1 Å². The van der Waals surface area contributed by atoms with Crippen molar-refractivity contribution in [3.63, 3.8) is 0 Å². The van der Waals surface area contributed by atoms with Gasteiger partial charge in [0.15, 0.2) is 5.82 Å². The number of hydrogen-bond acceptors (Lipinski definition) is 6. The van der Waals surface area contributed by atoms with E-state index >= 15 is 0 Å². The Balaban J connectivity index is 0.00000288. The summed E-state index contributed by atoms with van der Waals surface area (Å²) in [7, 11) is 0. The van der Waals surface area contributed by atoms with Crippen LogP contribution < -0.4 is 28.9 Å². The monoisotopic (exact) mass is 331 g/mol. The van der Waals surface area contributed by atoms with E-state index in [1.54, 1.807) is 25.7 Å². The number of carboxylic acid groups (broad SMARTS) is 1. The van der Waals surface area contributed by atoms with Crippen LogP contribution in [-0.2, 0) is 4.74 Å². The molecule has 24 heavy (non-hydrogen) atoms. The molecule has 7 nitrogen and oxygen atoms in total. The van der Waals surface area contributed by atoms with Crippen LogP contribution in [0.3, 0.4) is 0 Å². The smallest absolute Gasteiger partial charge is 0.543 e. The summed E-state index contributed by atoms with van der Waals surface area (Å²) < 4.78 is 19.0. The molecule has 0 atom stereocenters. The van der Waals surface area contributed by atoms with E-state index in [9.17, 15) is 19.1 Å². The van der Waals surface area contributed by atoms with Crippen LogP contribution in [0.25, 0.3) is 0 Å². The Kier molecular flexibility index (Phi) is 6.64. The van der Waals surface area contributed by atoms with Crippen molar-refractivity contribution in [3.05, 3.63) is 23.8 Å². The van der Waals surface area contributed by atoms with E-state index in [2.05, 4.69) is 4.98 Å². The number of anilines is 1. The molecule has 0 aromatic carbocycles. The van der Waals surface area contributed by atoms with Crippen molar-refractivity contribution in [2.45, 2.75) is 26.4 Å². The summed E-state index contributed by atoms with van der Waals surface area (Å²) in [4.78, 5) is 29.6. The molecular weight excluding hydrogens is 312 g/mol. The van der Waals surface area contributed by atoms with Crippen molar-refractivity contribution in [1.82, 2.24) is 9.88 Å². The number of carboxylic acids is 1. The number of amides is 1. The van der Waals surface area contributed by atoms with Crippen molar-refractivity contribution in [3.8, 4) is 0 Å². The molecule has 0 spiro atoms. The van der Waals surface area contributed by atoms with Crippen molar-refractivity contribution >= 4 is 17.7 Å². The van der Waals surface area contributed by atoms with E-state index in [0.29, 0.717) is 31.9 Å². The minimum absolute atomic E-state index is 0. The Morgan fingerprint density at radius 2 is 1.83 bits per heavy atom. The second-order valence-electron chi connectivity index (χ2n) is 6.27. The predicted molar refractivity (Wildman–Crippen MR) is 78.5 cm³/mol. The standard InChI is InChI=1S/C15H20FN3O4.Li/c1-15(2,3)23-14(22)19-6-4-18(5-7-19)10-8-11(16)12(13(20)21)17-9-10;/h8-9H,4-7H2,1-3H3,(H,20,21);/q;+1/p-1. The molecule has 0 unspecified atom stereocenters. The van der Waals surface area contributed by atoms with Crippen LogP contribution >= 0.6 is 0 Å². The minimum atomic E-state index is -1.65. The number of carbonyl (C=O) groups is 2. The first-order valence-corrected chi connectivity index (χ1v) is 7.27. The first-order valence-electron chi connectivity index (χ1n) is 7.27. The molecule has 1 aromatic rings. The van der Waals surface area contributed by atoms with Crippen molar-refractivity contribution < 1.29 is 42.7 Å². The van der Waals surface area contributed by atoms with Crippen LogP contribution in [0.5, 0.6) is 0 Å². The van der Waals surface area contributed by atoms with Crippen LogP contribution in [0.4, 0.5) is 14.9 Å². The fourth-order valence-electron chi connectivity index (χ4n) is 2.22. The van der Waals surface area contributed by atoms with Gasteiger partial charge in [0.2, 0.25) is 0 Å². The SMILES string of the molecule is CC(C)(C)OC(=O)N1CCN(c2cnc(C(=O)[O-])c(F)c2)CC1.[Li+]. The van der Waals surface area contributed by atoms with Gasteiger partial charge in [-0.05, 0) is 20.8 Å². The van der Waals surface area contributed by atoms with E-state index in [4.69, 9.17) is 4.74 Å². The normalized spacial score (nSPS) is 14.8. The second-order valence-corrected chi connectivity index (χ2v) is 6.27. The molecule has 1 aliphatic heterocycles. The molecule has 0 aliphatic carbocycles. The fourth-order valence-corrected chi connectivity index (χ4v) is 2.22. The van der Waals surface area contributed by atoms with Gasteiger partial charge >= 0.3 is 25.0 Å². The number of halogens is 1. The molecule has 0 radical (unpaired) electrons. The van der Waals surface area contributed by atoms with Gasteiger partial charge < -0.3 is 24.4 Å². The van der Waals surface area contributed by atoms with E-state index in [1.165, 1.54) is 6.20 Å². The molecule has 0 saturated carbocycles. The molecule has 1 aromatic heterocycles. The molecule has 0 bridgehead atoms. The van der Waals surface area contributed by atoms with Crippen molar-refractivity contribution in [2.24, 2.45) is 0 Å². The van der Waals surface area contributed by atoms with Gasteiger partial charge in [0.25, 0.3) is 0 Å². The minimum Gasteiger partial charge on any atom is -0.543 e. The van der Waals surface area contributed by atoms with Crippen LogP contribution in [0.15, 0.2) is 12.3 Å². The summed E-state index contributed by atoms with van der Waals surface area (Å²) in [6, 6.07) is 1.11. The third kappa shape index (κ3) is 5.11. The zero-order chi connectivity index (χ0) is 17.2. The van der Waals surface area contributed by atoms with Gasteiger partial charge in [-0.3, -0.25) is 0 Å². The van der Waals surface area contributed by atoms with Gasteiger partial charge in [-0.15, -0.1) is 0 Å². The zero-order valence-electron chi connectivity index (χ0n) is 14.3.